The monoisotopic (exact) mass is 395 g/mol. The Morgan fingerprint density at radius 2 is 1.79 bits per heavy atom. The van der Waals surface area contributed by atoms with Crippen molar-refractivity contribution >= 4 is 28.8 Å². The second-order valence-electron chi connectivity index (χ2n) is 6.34. The number of benzene rings is 2. The van der Waals surface area contributed by atoms with E-state index in [9.17, 15) is 9.59 Å². The van der Waals surface area contributed by atoms with Crippen molar-refractivity contribution in [3.63, 3.8) is 0 Å². The highest BCUT2D eigenvalue weighted by Crippen LogP contribution is 2.23. The molecule has 7 heteroatoms. The lowest BCUT2D eigenvalue weighted by atomic mass is 10.2. The largest absolute Gasteiger partial charge is 0.491 e. The summed E-state index contributed by atoms with van der Waals surface area (Å²) < 4.78 is 5.55. The minimum Gasteiger partial charge on any atom is -0.491 e. The van der Waals surface area contributed by atoms with Crippen LogP contribution in [0.25, 0.3) is 10.6 Å². The van der Waals surface area contributed by atoms with Crippen LogP contribution in [0.1, 0.15) is 24.2 Å². The Bertz CT molecular complexity index is 921. The van der Waals surface area contributed by atoms with Crippen molar-refractivity contribution in [2.24, 2.45) is 0 Å². The zero-order chi connectivity index (χ0) is 19.9. The summed E-state index contributed by atoms with van der Waals surface area (Å²) in [6, 6.07) is 14.2. The van der Waals surface area contributed by atoms with E-state index in [1.165, 1.54) is 0 Å². The molecule has 28 heavy (non-hydrogen) atoms. The molecule has 0 aliphatic rings. The summed E-state index contributed by atoms with van der Waals surface area (Å²) in [5, 5.41) is 8.22. The number of nitrogens with zero attached hydrogens (tertiary/aromatic N) is 1. The average Bonchev–Trinajstić information content (AvgIpc) is 3.21. The number of amides is 2. The number of carbonyl (C=O) groups excluding carboxylic acids is 2. The fourth-order valence-electron chi connectivity index (χ4n) is 2.49. The van der Waals surface area contributed by atoms with Crippen LogP contribution in [0.4, 0.5) is 5.69 Å². The van der Waals surface area contributed by atoms with Crippen molar-refractivity contribution < 1.29 is 14.3 Å². The van der Waals surface area contributed by atoms with Gasteiger partial charge in [0.15, 0.2) is 0 Å². The van der Waals surface area contributed by atoms with Crippen molar-refractivity contribution in [3.05, 3.63) is 65.7 Å². The maximum atomic E-state index is 12.2. The van der Waals surface area contributed by atoms with Gasteiger partial charge in [0.25, 0.3) is 5.91 Å². The molecule has 0 saturated carbocycles. The van der Waals surface area contributed by atoms with Crippen molar-refractivity contribution in [2.75, 3.05) is 11.9 Å². The molecule has 3 aromatic rings. The third-order valence-corrected chi connectivity index (χ3v) is 4.57. The third-order valence-electron chi connectivity index (χ3n) is 3.75. The number of nitrogens with one attached hydrogen (secondary N) is 2. The minimum absolute atomic E-state index is 0.0685. The zero-order valence-corrected chi connectivity index (χ0v) is 16.5. The number of anilines is 1. The molecule has 0 saturated heterocycles. The Hall–Kier alpha value is -3.19. The first kappa shape index (κ1) is 19.6. The van der Waals surface area contributed by atoms with Gasteiger partial charge in [-0.05, 0) is 62.4 Å². The standard InChI is InChI=1S/C21H21N3O3S/c1-14(2)27-18-9-5-15(6-10-18)20(26)23-13-19(25)24-17-7-3-16(4-8-17)21-22-11-12-28-21/h3-12,14H,13H2,1-2H3,(H,23,26)(H,24,25). The van der Waals surface area contributed by atoms with Gasteiger partial charge < -0.3 is 15.4 Å². The van der Waals surface area contributed by atoms with E-state index in [2.05, 4.69) is 15.6 Å². The number of hydrogen-bond acceptors (Lipinski definition) is 5. The van der Waals surface area contributed by atoms with Gasteiger partial charge >= 0.3 is 0 Å². The highest BCUT2D eigenvalue weighted by atomic mass is 32.1. The van der Waals surface area contributed by atoms with Crippen molar-refractivity contribution in [1.82, 2.24) is 10.3 Å². The van der Waals surface area contributed by atoms with Crippen LogP contribution in [-0.2, 0) is 4.79 Å². The van der Waals surface area contributed by atoms with Crippen LogP contribution >= 0.6 is 11.3 Å². The highest BCUT2D eigenvalue weighted by molar-refractivity contribution is 7.13. The lowest BCUT2D eigenvalue weighted by Gasteiger charge is -2.10. The molecule has 1 heterocycles. The van der Waals surface area contributed by atoms with Crippen molar-refractivity contribution in [3.8, 4) is 16.3 Å². The average molecular weight is 395 g/mol. The van der Waals surface area contributed by atoms with E-state index in [0.29, 0.717) is 17.0 Å². The molecule has 0 spiro atoms. The molecule has 0 unspecified atom stereocenters. The van der Waals surface area contributed by atoms with Gasteiger partial charge in [-0.3, -0.25) is 9.59 Å². The van der Waals surface area contributed by atoms with Crippen molar-refractivity contribution in [2.45, 2.75) is 20.0 Å². The number of carbonyl (C=O) groups is 2. The van der Waals surface area contributed by atoms with Crippen molar-refractivity contribution in [1.29, 1.82) is 0 Å². The summed E-state index contributed by atoms with van der Waals surface area (Å²) in [5.41, 5.74) is 2.12. The van der Waals surface area contributed by atoms with Gasteiger partial charge in [-0.1, -0.05) is 0 Å². The molecule has 2 N–H and O–H groups in total. The van der Waals surface area contributed by atoms with Gasteiger partial charge in [-0.15, -0.1) is 11.3 Å². The molecule has 144 valence electrons. The summed E-state index contributed by atoms with van der Waals surface area (Å²) in [6.45, 7) is 3.76. The van der Waals surface area contributed by atoms with Crippen LogP contribution in [0, 0.1) is 0 Å². The number of hydrogen-bond donors (Lipinski definition) is 2. The highest BCUT2D eigenvalue weighted by Gasteiger charge is 2.09. The third kappa shape index (κ3) is 5.40. The molecule has 0 aliphatic carbocycles. The van der Waals surface area contributed by atoms with E-state index in [1.54, 1.807) is 41.8 Å². The molecule has 2 amide bonds. The molecule has 0 aliphatic heterocycles. The number of ether oxygens (including phenoxy) is 1. The predicted octanol–water partition coefficient (Wildman–Crippen LogP) is 3.97. The van der Waals surface area contributed by atoms with E-state index < -0.39 is 0 Å². The molecule has 1 aromatic heterocycles. The number of aromatic nitrogens is 1. The maximum absolute atomic E-state index is 12.2. The normalized spacial score (nSPS) is 10.5. The first-order valence-corrected chi connectivity index (χ1v) is 9.74. The zero-order valence-electron chi connectivity index (χ0n) is 15.6. The van der Waals surface area contributed by atoms with E-state index in [1.807, 2.05) is 43.5 Å². The van der Waals surface area contributed by atoms with Crippen LogP contribution in [-0.4, -0.2) is 29.4 Å². The minimum atomic E-state index is -0.314. The molecule has 3 rings (SSSR count). The molecular weight excluding hydrogens is 374 g/mol. The Labute approximate surface area is 167 Å². The van der Waals surface area contributed by atoms with E-state index >= 15 is 0 Å². The summed E-state index contributed by atoms with van der Waals surface area (Å²) in [7, 11) is 0. The van der Waals surface area contributed by atoms with Gasteiger partial charge in [0.2, 0.25) is 5.91 Å². The Morgan fingerprint density at radius 1 is 1.07 bits per heavy atom. The van der Waals surface area contributed by atoms with Crippen LogP contribution < -0.4 is 15.4 Å². The first-order chi connectivity index (χ1) is 13.5. The number of thiazole rings is 1. The summed E-state index contributed by atoms with van der Waals surface area (Å²) in [4.78, 5) is 28.5. The van der Waals surface area contributed by atoms with Gasteiger partial charge in [-0.25, -0.2) is 4.98 Å². The molecule has 0 fully saturated rings. The van der Waals surface area contributed by atoms with Gasteiger partial charge in [0, 0.05) is 28.4 Å². The van der Waals surface area contributed by atoms with E-state index in [0.717, 1.165) is 10.6 Å². The smallest absolute Gasteiger partial charge is 0.251 e. The topological polar surface area (TPSA) is 80.3 Å². The fourth-order valence-corrected chi connectivity index (χ4v) is 3.13. The molecule has 0 atom stereocenters. The van der Waals surface area contributed by atoms with Crippen LogP contribution in [0.3, 0.4) is 0 Å². The molecule has 0 radical (unpaired) electrons. The van der Waals surface area contributed by atoms with E-state index in [-0.39, 0.29) is 24.5 Å². The lowest BCUT2D eigenvalue weighted by molar-refractivity contribution is -0.115. The quantitative estimate of drug-likeness (QED) is 0.634. The van der Waals surface area contributed by atoms with Crippen LogP contribution in [0.2, 0.25) is 0 Å². The first-order valence-electron chi connectivity index (χ1n) is 8.86. The van der Waals surface area contributed by atoms with Crippen LogP contribution in [0.15, 0.2) is 60.1 Å². The summed E-state index contributed by atoms with van der Waals surface area (Å²) in [6.07, 6.45) is 1.82. The molecule has 6 nitrogen and oxygen atoms in total. The second-order valence-corrected chi connectivity index (χ2v) is 7.23. The molecule has 2 aromatic carbocycles. The second kappa shape index (κ2) is 9.14. The fraction of sp³-hybridized carbons (Fsp3) is 0.190. The van der Waals surface area contributed by atoms with Gasteiger partial charge in [-0.2, -0.15) is 0 Å². The van der Waals surface area contributed by atoms with E-state index in [4.69, 9.17) is 4.74 Å². The summed E-state index contributed by atoms with van der Waals surface area (Å²) >= 11 is 1.55. The molecule has 0 bridgehead atoms. The van der Waals surface area contributed by atoms with Gasteiger partial charge in [0.05, 0.1) is 12.6 Å². The Balaban J connectivity index is 1.49. The summed E-state index contributed by atoms with van der Waals surface area (Å²) in [5.74, 6) is 0.0889. The predicted molar refractivity (Wildman–Crippen MR) is 111 cm³/mol. The Morgan fingerprint density at radius 3 is 2.39 bits per heavy atom. The molecular formula is C21H21N3O3S. The van der Waals surface area contributed by atoms with Gasteiger partial charge in [0.1, 0.15) is 10.8 Å². The lowest BCUT2D eigenvalue weighted by Crippen LogP contribution is -2.32. The Kier molecular flexibility index (Phi) is 6.39. The van der Waals surface area contributed by atoms with Crippen LogP contribution in [0.5, 0.6) is 5.75 Å². The number of rotatable bonds is 7. The SMILES string of the molecule is CC(C)Oc1ccc(C(=O)NCC(=O)Nc2ccc(-c3nccs3)cc2)cc1. The maximum Gasteiger partial charge on any atom is 0.251 e.